The van der Waals surface area contributed by atoms with Crippen LogP contribution in [0.1, 0.15) is 64.2 Å². The number of hydrogen-bond acceptors (Lipinski definition) is 7. The Labute approximate surface area is 205 Å². The molecule has 2 saturated heterocycles. The van der Waals surface area contributed by atoms with Gasteiger partial charge in [-0.2, -0.15) is 0 Å². The maximum atomic E-state index is 12.4. The van der Waals surface area contributed by atoms with Crippen molar-refractivity contribution in [3.8, 4) is 0 Å². The quantitative estimate of drug-likeness (QED) is 0.535. The molecule has 2 aliphatic heterocycles. The van der Waals surface area contributed by atoms with Crippen LogP contribution in [0.15, 0.2) is 0 Å². The predicted molar refractivity (Wildman–Crippen MR) is 137 cm³/mol. The number of nitrogens with zero attached hydrogens (tertiary/aromatic N) is 4. The molecule has 1 N–H and O–H groups in total. The predicted octanol–water partition coefficient (Wildman–Crippen LogP) is 4.21. The molecule has 4 rings (SSSR count). The minimum atomic E-state index is -0.809. The number of carboxylic acids is 1. The van der Waals surface area contributed by atoms with Crippen LogP contribution in [-0.4, -0.2) is 89.1 Å². The topological polar surface area (TPSA) is 50.3 Å². The summed E-state index contributed by atoms with van der Waals surface area (Å²) in [7, 11) is 0. The third-order valence-electron chi connectivity index (χ3n) is 7.12. The molecule has 1 atom stereocenters. The number of aliphatic carboxylic acids is 1. The fraction of sp³-hybridized carbons (Fsp3) is 0.857. The van der Waals surface area contributed by atoms with Crippen LogP contribution in [0.5, 0.6) is 0 Å². The van der Waals surface area contributed by atoms with Crippen LogP contribution in [0.4, 0.5) is 0 Å². The monoisotopic (exact) mass is 502 g/mol. The van der Waals surface area contributed by atoms with Crippen molar-refractivity contribution in [2.45, 2.75) is 82.3 Å². The summed E-state index contributed by atoms with van der Waals surface area (Å²) in [6, 6.07) is 0.481. The van der Waals surface area contributed by atoms with E-state index in [-0.39, 0.29) is 0 Å². The molecule has 0 radical (unpaired) electrons. The number of hydrogen-bond donors (Lipinski definition) is 1. The third-order valence-corrected chi connectivity index (χ3v) is 10.2. The van der Waals surface area contributed by atoms with Crippen molar-refractivity contribution in [3.63, 3.8) is 0 Å². The molecule has 0 aromatic rings. The van der Waals surface area contributed by atoms with E-state index in [4.69, 9.17) is 24.4 Å². The van der Waals surface area contributed by atoms with Gasteiger partial charge in [-0.05, 0) is 25.7 Å². The van der Waals surface area contributed by atoms with Crippen LogP contribution in [0.25, 0.3) is 0 Å². The highest BCUT2D eigenvalue weighted by Gasteiger charge is 2.38. The molecule has 0 bridgehead atoms. The molecule has 0 spiro atoms. The fourth-order valence-corrected chi connectivity index (χ4v) is 7.71. The van der Waals surface area contributed by atoms with Crippen LogP contribution in [0.3, 0.4) is 0 Å². The Morgan fingerprint density at radius 3 is 1.94 bits per heavy atom. The number of thioether (sulfide) groups is 2. The van der Waals surface area contributed by atoms with Gasteiger partial charge in [0.15, 0.2) is 0 Å². The molecule has 174 valence electrons. The molecule has 0 amide bonds. The van der Waals surface area contributed by atoms with Gasteiger partial charge in [0.05, 0.1) is 31.6 Å². The molecule has 2 aliphatic carbocycles. The van der Waals surface area contributed by atoms with Crippen molar-refractivity contribution >= 4 is 62.6 Å². The lowest BCUT2D eigenvalue weighted by atomic mass is 9.94. The largest absolute Gasteiger partial charge is 0.480 e. The Bertz CT molecular complexity index is 670. The molecule has 0 aromatic heterocycles. The average Bonchev–Trinajstić information content (AvgIpc) is 2.80. The van der Waals surface area contributed by atoms with Gasteiger partial charge in [-0.15, -0.1) is 0 Å². The van der Waals surface area contributed by atoms with E-state index in [0.29, 0.717) is 29.6 Å². The first kappa shape index (κ1) is 24.0. The third kappa shape index (κ3) is 6.06. The second-order valence-corrected chi connectivity index (χ2v) is 12.3. The maximum absolute atomic E-state index is 12.4. The van der Waals surface area contributed by atoms with E-state index in [9.17, 15) is 9.90 Å². The summed E-state index contributed by atoms with van der Waals surface area (Å²) in [4.78, 5) is 21.3. The Balaban J connectivity index is 1.42. The van der Waals surface area contributed by atoms with Crippen LogP contribution in [0, 0.1) is 0 Å². The van der Waals surface area contributed by atoms with Crippen LogP contribution < -0.4 is 0 Å². The van der Waals surface area contributed by atoms with Gasteiger partial charge in [0.25, 0.3) is 0 Å². The maximum Gasteiger partial charge on any atom is 0.328 e. The number of thiocarbonyl (C=S) groups is 2. The second kappa shape index (κ2) is 11.3. The summed E-state index contributed by atoms with van der Waals surface area (Å²) in [5, 5.41) is 10.2. The normalized spacial score (nSPS) is 27.0. The number of carbonyl (C=O) groups is 1. The molecule has 10 heteroatoms. The number of rotatable bonds is 6. The SMILES string of the molecule is O=C(O)C(CN1CN(C2CCCCC2)CSC1=S)N1CN(C2CCCCC2)CSC1=S. The van der Waals surface area contributed by atoms with E-state index in [1.165, 1.54) is 64.2 Å². The van der Waals surface area contributed by atoms with Crippen LogP contribution >= 0.6 is 48.0 Å². The second-order valence-electron chi connectivity index (χ2n) is 9.17. The molecule has 4 aliphatic rings. The molecule has 0 aromatic carbocycles. The molecule has 31 heavy (non-hydrogen) atoms. The summed E-state index contributed by atoms with van der Waals surface area (Å²) in [6.45, 7) is 1.75. The smallest absolute Gasteiger partial charge is 0.328 e. The van der Waals surface area contributed by atoms with Gasteiger partial charge in [0.1, 0.15) is 14.7 Å². The van der Waals surface area contributed by atoms with Gasteiger partial charge in [0.2, 0.25) is 0 Å². The molecule has 6 nitrogen and oxygen atoms in total. The Morgan fingerprint density at radius 2 is 1.39 bits per heavy atom. The van der Waals surface area contributed by atoms with Gasteiger partial charge in [-0.1, -0.05) is 86.5 Å². The van der Waals surface area contributed by atoms with Crippen molar-refractivity contribution in [1.29, 1.82) is 0 Å². The Hall–Kier alpha value is -0.130. The summed E-state index contributed by atoms with van der Waals surface area (Å²) in [5.74, 6) is 0.987. The summed E-state index contributed by atoms with van der Waals surface area (Å²) in [5.41, 5.74) is 0. The van der Waals surface area contributed by atoms with Gasteiger partial charge in [0, 0.05) is 12.1 Å². The zero-order valence-corrected chi connectivity index (χ0v) is 21.4. The van der Waals surface area contributed by atoms with Crippen molar-refractivity contribution in [3.05, 3.63) is 0 Å². The zero-order valence-electron chi connectivity index (χ0n) is 18.1. The number of carboxylic acid groups (broad SMARTS) is 1. The average molecular weight is 503 g/mol. The molecule has 1 unspecified atom stereocenters. The highest BCUT2D eigenvalue weighted by Crippen LogP contribution is 2.31. The molecular weight excluding hydrogens is 469 g/mol. The van der Waals surface area contributed by atoms with Gasteiger partial charge < -0.3 is 14.9 Å². The van der Waals surface area contributed by atoms with E-state index < -0.39 is 12.0 Å². The fourth-order valence-electron chi connectivity index (χ4n) is 5.27. The standard InChI is InChI=1S/C21H34N4O2S4/c26-19(27)18(25-13-24(15-31-21(25)29)17-9-5-2-6-10-17)11-22-12-23(14-30-20(22)28)16-7-3-1-4-8-16/h16-18H,1-15H2,(H,26,27). The van der Waals surface area contributed by atoms with Crippen molar-refractivity contribution in [2.24, 2.45) is 0 Å². The van der Waals surface area contributed by atoms with E-state index in [1.54, 1.807) is 23.5 Å². The van der Waals surface area contributed by atoms with E-state index in [1.807, 2.05) is 4.90 Å². The van der Waals surface area contributed by atoms with Gasteiger partial charge >= 0.3 is 5.97 Å². The van der Waals surface area contributed by atoms with Gasteiger partial charge in [-0.3, -0.25) is 9.80 Å². The van der Waals surface area contributed by atoms with Crippen LogP contribution in [0.2, 0.25) is 0 Å². The summed E-state index contributed by atoms with van der Waals surface area (Å²) >= 11 is 14.6. The first-order valence-electron chi connectivity index (χ1n) is 11.6. The highest BCUT2D eigenvalue weighted by atomic mass is 32.2. The molecular formula is C21H34N4O2S4. The molecule has 2 saturated carbocycles. The first-order chi connectivity index (χ1) is 15.0. The van der Waals surface area contributed by atoms with E-state index in [0.717, 1.165) is 22.7 Å². The van der Waals surface area contributed by atoms with E-state index >= 15 is 0 Å². The Kier molecular flexibility index (Phi) is 8.78. The van der Waals surface area contributed by atoms with Crippen LogP contribution in [-0.2, 0) is 4.79 Å². The van der Waals surface area contributed by atoms with Crippen molar-refractivity contribution in [1.82, 2.24) is 19.6 Å². The zero-order chi connectivity index (χ0) is 21.8. The van der Waals surface area contributed by atoms with Crippen molar-refractivity contribution in [2.75, 3.05) is 31.6 Å². The lowest BCUT2D eigenvalue weighted by molar-refractivity contribution is -0.143. The first-order valence-corrected chi connectivity index (χ1v) is 14.4. The Morgan fingerprint density at radius 1 is 0.871 bits per heavy atom. The lowest BCUT2D eigenvalue weighted by Crippen LogP contribution is -2.60. The van der Waals surface area contributed by atoms with E-state index in [2.05, 4.69) is 14.7 Å². The molecule has 2 heterocycles. The van der Waals surface area contributed by atoms with Gasteiger partial charge in [-0.25, -0.2) is 4.79 Å². The summed E-state index contributed by atoms with van der Waals surface area (Å²) in [6.07, 6.45) is 12.7. The highest BCUT2D eigenvalue weighted by molar-refractivity contribution is 8.23. The minimum absolute atomic E-state index is 0.392. The summed E-state index contributed by atoms with van der Waals surface area (Å²) < 4.78 is 1.53. The molecule has 4 fully saturated rings. The lowest BCUT2D eigenvalue weighted by Gasteiger charge is -2.46. The van der Waals surface area contributed by atoms with Crippen molar-refractivity contribution < 1.29 is 9.90 Å². The minimum Gasteiger partial charge on any atom is -0.480 e.